The van der Waals surface area contributed by atoms with Gasteiger partial charge in [0.25, 0.3) is 0 Å². The molecule has 2 aromatic heterocycles. The van der Waals surface area contributed by atoms with Crippen LogP contribution in [0.4, 0.5) is 11.5 Å². The Labute approximate surface area is 174 Å². The lowest BCUT2D eigenvalue weighted by molar-refractivity contribution is 0.0600. The van der Waals surface area contributed by atoms with Crippen LogP contribution in [0.3, 0.4) is 0 Å². The van der Waals surface area contributed by atoms with Gasteiger partial charge >= 0.3 is 11.9 Å². The highest BCUT2D eigenvalue weighted by Crippen LogP contribution is 2.40. The lowest BCUT2D eigenvalue weighted by atomic mass is 10.1. The van der Waals surface area contributed by atoms with Gasteiger partial charge in [-0.1, -0.05) is 13.8 Å². The number of nitrogens with one attached hydrogen (secondary N) is 1. The van der Waals surface area contributed by atoms with Gasteiger partial charge in [-0.25, -0.2) is 14.6 Å². The highest BCUT2D eigenvalue weighted by molar-refractivity contribution is 5.97. The van der Waals surface area contributed by atoms with Gasteiger partial charge in [-0.05, 0) is 60.6 Å². The summed E-state index contributed by atoms with van der Waals surface area (Å²) in [6.07, 6.45) is 4.03. The van der Waals surface area contributed by atoms with E-state index in [2.05, 4.69) is 24.1 Å². The summed E-state index contributed by atoms with van der Waals surface area (Å²) in [5.74, 6) is -0.183. The van der Waals surface area contributed by atoms with E-state index in [1.165, 1.54) is 7.11 Å². The fourth-order valence-corrected chi connectivity index (χ4v) is 3.71. The highest BCUT2D eigenvalue weighted by atomic mass is 16.5. The maximum absolute atomic E-state index is 12.3. The molecule has 3 aromatic rings. The van der Waals surface area contributed by atoms with E-state index < -0.39 is 11.9 Å². The van der Waals surface area contributed by atoms with Crippen LogP contribution in [0.15, 0.2) is 36.5 Å². The van der Waals surface area contributed by atoms with Crippen LogP contribution < -0.4 is 5.32 Å². The van der Waals surface area contributed by atoms with E-state index in [1.54, 1.807) is 12.3 Å². The molecular formula is C23H25N3O4. The summed E-state index contributed by atoms with van der Waals surface area (Å²) in [4.78, 5) is 28.4. The van der Waals surface area contributed by atoms with E-state index >= 15 is 0 Å². The lowest BCUT2D eigenvalue weighted by Crippen LogP contribution is -2.11. The zero-order chi connectivity index (χ0) is 21.4. The van der Waals surface area contributed by atoms with E-state index in [-0.39, 0.29) is 5.69 Å². The van der Waals surface area contributed by atoms with Crippen LogP contribution in [0.1, 0.15) is 59.0 Å². The van der Waals surface area contributed by atoms with Crippen molar-refractivity contribution in [1.29, 1.82) is 0 Å². The smallest absolute Gasteiger partial charge is 0.352 e. The monoisotopic (exact) mass is 407 g/mol. The SMILES string of the molecule is COC(=O)c1cc(C2CC2)cnc1Nc1ccc2c(c1)cc(C(=O)O)n2CC(C)C. The molecule has 0 spiro atoms. The van der Waals surface area contributed by atoms with Crippen LogP contribution in [-0.4, -0.2) is 33.7 Å². The van der Waals surface area contributed by atoms with Crippen molar-refractivity contribution in [3.63, 3.8) is 0 Å². The number of aromatic carboxylic acids is 1. The van der Waals surface area contributed by atoms with Crippen molar-refractivity contribution in [3.05, 3.63) is 53.3 Å². The fourth-order valence-electron chi connectivity index (χ4n) is 3.71. The molecule has 0 atom stereocenters. The Bertz CT molecular complexity index is 1130. The van der Waals surface area contributed by atoms with Gasteiger partial charge in [-0.2, -0.15) is 0 Å². The minimum Gasteiger partial charge on any atom is -0.477 e. The molecule has 0 bridgehead atoms. The Hall–Kier alpha value is -3.35. The fraction of sp³-hybridized carbons (Fsp3) is 0.348. The number of pyridine rings is 1. The predicted octanol–water partition coefficient (Wildman–Crippen LogP) is 4.80. The van der Waals surface area contributed by atoms with Crippen LogP contribution in [0.5, 0.6) is 0 Å². The summed E-state index contributed by atoms with van der Waals surface area (Å²) in [5, 5.41) is 13.6. The molecule has 156 valence electrons. The molecule has 0 aliphatic heterocycles. The number of nitrogens with zero attached hydrogens (tertiary/aromatic N) is 2. The third-order valence-corrected chi connectivity index (χ3v) is 5.29. The molecule has 0 radical (unpaired) electrons. The normalized spacial score (nSPS) is 13.6. The number of methoxy groups -OCH3 is 1. The number of aromatic nitrogens is 2. The molecule has 0 saturated heterocycles. The zero-order valence-electron chi connectivity index (χ0n) is 17.3. The second-order valence-electron chi connectivity index (χ2n) is 8.17. The van der Waals surface area contributed by atoms with Crippen molar-refractivity contribution in [2.75, 3.05) is 12.4 Å². The molecule has 2 heterocycles. The van der Waals surface area contributed by atoms with Gasteiger partial charge in [0.15, 0.2) is 0 Å². The Morgan fingerprint density at radius 2 is 2.03 bits per heavy atom. The number of fused-ring (bicyclic) bond motifs is 1. The first kappa shape index (κ1) is 19.9. The molecule has 7 heteroatoms. The topological polar surface area (TPSA) is 93.4 Å². The number of hydrogen-bond acceptors (Lipinski definition) is 5. The lowest BCUT2D eigenvalue weighted by Gasteiger charge is -2.13. The molecule has 0 unspecified atom stereocenters. The van der Waals surface area contributed by atoms with Crippen molar-refractivity contribution in [3.8, 4) is 0 Å². The summed E-state index contributed by atoms with van der Waals surface area (Å²) in [5.41, 5.74) is 3.28. The third kappa shape index (κ3) is 3.87. The average Bonchev–Trinajstić information content (AvgIpc) is 3.50. The van der Waals surface area contributed by atoms with Crippen molar-refractivity contribution < 1.29 is 19.4 Å². The first-order valence-electron chi connectivity index (χ1n) is 10.1. The number of anilines is 2. The Kier molecular flexibility index (Phi) is 5.20. The van der Waals surface area contributed by atoms with Crippen molar-refractivity contribution in [2.24, 2.45) is 5.92 Å². The Morgan fingerprint density at radius 1 is 1.27 bits per heavy atom. The molecule has 30 heavy (non-hydrogen) atoms. The molecule has 4 rings (SSSR count). The van der Waals surface area contributed by atoms with Gasteiger partial charge in [-0.15, -0.1) is 0 Å². The van der Waals surface area contributed by atoms with Crippen molar-refractivity contribution in [2.45, 2.75) is 39.2 Å². The van der Waals surface area contributed by atoms with E-state index in [9.17, 15) is 14.7 Å². The second kappa shape index (κ2) is 7.82. The second-order valence-corrected chi connectivity index (χ2v) is 8.17. The quantitative estimate of drug-likeness (QED) is 0.547. The Morgan fingerprint density at radius 3 is 2.67 bits per heavy atom. The van der Waals surface area contributed by atoms with Gasteiger partial charge in [0.05, 0.1) is 7.11 Å². The van der Waals surface area contributed by atoms with E-state index in [1.807, 2.05) is 28.8 Å². The number of carboxylic acids is 1. The van der Waals surface area contributed by atoms with Crippen LogP contribution >= 0.6 is 0 Å². The van der Waals surface area contributed by atoms with Crippen molar-refractivity contribution in [1.82, 2.24) is 9.55 Å². The van der Waals surface area contributed by atoms with Crippen LogP contribution in [-0.2, 0) is 11.3 Å². The molecule has 1 aliphatic carbocycles. The van der Waals surface area contributed by atoms with Gasteiger partial charge in [0.2, 0.25) is 0 Å². The molecule has 1 aromatic carbocycles. The number of esters is 1. The summed E-state index contributed by atoms with van der Waals surface area (Å²) in [6.45, 7) is 4.73. The largest absolute Gasteiger partial charge is 0.477 e. The molecular weight excluding hydrogens is 382 g/mol. The number of carbonyl (C=O) groups excluding carboxylic acids is 1. The molecule has 1 fully saturated rings. The van der Waals surface area contributed by atoms with Crippen LogP contribution in [0.25, 0.3) is 10.9 Å². The van der Waals surface area contributed by atoms with Gasteiger partial charge < -0.3 is 19.7 Å². The number of hydrogen-bond donors (Lipinski definition) is 2. The van der Waals surface area contributed by atoms with Crippen molar-refractivity contribution >= 4 is 34.3 Å². The average molecular weight is 407 g/mol. The summed E-state index contributed by atoms with van der Waals surface area (Å²) in [7, 11) is 1.35. The van der Waals surface area contributed by atoms with Gasteiger partial charge in [-0.3, -0.25) is 0 Å². The molecule has 2 N–H and O–H groups in total. The maximum atomic E-state index is 12.3. The minimum atomic E-state index is -0.952. The number of benzene rings is 1. The standard InChI is InChI=1S/C23H25N3O4/c1-13(2)12-26-19-7-6-17(8-15(19)10-20(26)22(27)28)25-21-18(23(29)30-3)9-16(11-24-21)14-4-5-14/h6-11,13-14H,4-5,12H2,1-3H3,(H,24,25)(H,27,28). The number of carbonyl (C=O) groups is 2. The number of rotatable bonds is 7. The predicted molar refractivity (Wildman–Crippen MR) is 115 cm³/mol. The number of carboxylic acid groups (broad SMARTS) is 1. The highest BCUT2D eigenvalue weighted by Gasteiger charge is 2.26. The van der Waals surface area contributed by atoms with Crippen LogP contribution in [0, 0.1) is 5.92 Å². The molecule has 0 amide bonds. The first-order valence-corrected chi connectivity index (χ1v) is 10.1. The first-order chi connectivity index (χ1) is 14.4. The summed E-state index contributed by atoms with van der Waals surface area (Å²) in [6, 6.07) is 9.15. The van der Waals surface area contributed by atoms with E-state index in [0.717, 1.165) is 35.0 Å². The maximum Gasteiger partial charge on any atom is 0.352 e. The van der Waals surface area contributed by atoms with E-state index in [0.29, 0.717) is 29.8 Å². The Balaban J connectivity index is 1.70. The molecule has 1 aliphatic rings. The van der Waals surface area contributed by atoms with Gasteiger partial charge in [0, 0.05) is 29.3 Å². The summed E-state index contributed by atoms with van der Waals surface area (Å²) < 4.78 is 6.76. The summed E-state index contributed by atoms with van der Waals surface area (Å²) >= 11 is 0. The van der Waals surface area contributed by atoms with E-state index in [4.69, 9.17) is 4.74 Å². The zero-order valence-corrected chi connectivity index (χ0v) is 17.3. The number of ether oxygens (including phenoxy) is 1. The van der Waals surface area contributed by atoms with Crippen LogP contribution in [0.2, 0.25) is 0 Å². The molecule has 7 nitrogen and oxygen atoms in total. The van der Waals surface area contributed by atoms with Gasteiger partial charge in [0.1, 0.15) is 17.1 Å². The molecule has 1 saturated carbocycles. The minimum absolute atomic E-state index is 0.262. The third-order valence-electron chi connectivity index (χ3n) is 5.29.